The number of carbonyl (C=O) groups excluding carboxylic acids is 1. The summed E-state index contributed by atoms with van der Waals surface area (Å²) in [5.41, 5.74) is 2.85. The zero-order chi connectivity index (χ0) is 21.8. The first-order valence-corrected chi connectivity index (χ1v) is 10.1. The van der Waals surface area contributed by atoms with Gasteiger partial charge in [-0.25, -0.2) is 0 Å². The lowest BCUT2D eigenvalue weighted by molar-refractivity contribution is -0.384. The van der Waals surface area contributed by atoms with Crippen LogP contribution in [-0.2, 0) is 17.8 Å². The minimum atomic E-state index is -0.450. The van der Waals surface area contributed by atoms with Gasteiger partial charge in [-0.2, -0.15) is 0 Å². The molecule has 0 spiro atoms. The van der Waals surface area contributed by atoms with Crippen LogP contribution in [0.5, 0.6) is 0 Å². The molecule has 9 nitrogen and oxygen atoms in total. The quantitative estimate of drug-likeness (QED) is 0.445. The van der Waals surface area contributed by atoms with E-state index < -0.39 is 4.92 Å². The van der Waals surface area contributed by atoms with Crippen LogP contribution >= 0.6 is 0 Å². The number of rotatable bonds is 6. The molecule has 0 aliphatic carbocycles. The van der Waals surface area contributed by atoms with Crippen molar-refractivity contribution in [3.63, 3.8) is 0 Å². The van der Waals surface area contributed by atoms with Gasteiger partial charge in [-0.1, -0.05) is 24.3 Å². The minimum Gasteiger partial charge on any atom is -0.419 e. The van der Waals surface area contributed by atoms with E-state index in [1.807, 2.05) is 36.1 Å². The standard InChI is InChI=1S/C22H23N5O4/c1-16-4-2-3-5-18(16)14-21(28)26-12-10-25(11-13-26)15-20-23-24-22(31-20)17-6-8-19(9-7-17)27(29)30/h2-9H,10-15H2,1H3. The van der Waals surface area contributed by atoms with Gasteiger partial charge in [0.05, 0.1) is 17.9 Å². The third-order valence-electron chi connectivity index (χ3n) is 5.48. The predicted octanol–water partition coefficient (Wildman–Crippen LogP) is 2.84. The summed E-state index contributed by atoms with van der Waals surface area (Å²) in [4.78, 5) is 27.0. The Labute approximate surface area is 179 Å². The first-order chi connectivity index (χ1) is 15.0. The molecule has 1 aliphatic rings. The molecule has 160 valence electrons. The Hall–Kier alpha value is -3.59. The lowest BCUT2D eigenvalue weighted by Gasteiger charge is -2.34. The highest BCUT2D eigenvalue weighted by Gasteiger charge is 2.23. The number of nitrogens with zero attached hydrogens (tertiary/aromatic N) is 5. The molecule has 1 fully saturated rings. The normalized spacial score (nSPS) is 14.5. The smallest absolute Gasteiger partial charge is 0.269 e. The van der Waals surface area contributed by atoms with Crippen molar-refractivity contribution >= 4 is 11.6 Å². The van der Waals surface area contributed by atoms with E-state index in [0.717, 1.165) is 24.2 Å². The molecule has 1 saturated heterocycles. The van der Waals surface area contributed by atoms with E-state index >= 15 is 0 Å². The third-order valence-corrected chi connectivity index (χ3v) is 5.48. The van der Waals surface area contributed by atoms with Crippen LogP contribution in [0.4, 0.5) is 5.69 Å². The Morgan fingerprint density at radius 1 is 1.06 bits per heavy atom. The van der Waals surface area contributed by atoms with Gasteiger partial charge in [0.15, 0.2) is 0 Å². The summed E-state index contributed by atoms with van der Waals surface area (Å²) in [6, 6.07) is 14.0. The summed E-state index contributed by atoms with van der Waals surface area (Å²) in [5.74, 6) is 0.956. The van der Waals surface area contributed by atoms with Crippen LogP contribution in [0.25, 0.3) is 11.5 Å². The number of hydrogen-bond donors (Lipinski definition) is 0. The van der Waals surface area contributed by atoms with E-state index in [4.69, 9.17) is 4.42 Å². The number of aryl methyl sites for hydroxylation is 1. The zero-order valence-corrected chi connectivity index (χ0v) is 17.2. The van der Waals surface area contributed by atoms with Crippen LogP contribution in [-0.4, -0.2) is 57.0 Å². The Morgan fingerprint density at radius 3 is 2.45 bits per heavy atom. The molecule has 1 aliphatic heterocycles. The summed E-state index contributed by atoms with van der Waals surface area (Å²) in [5, 5.41) is 18.9. The second kappa shape index (κ2) is 9.05. The van der Waals surface area contributed by atoms with E-state index in [1.165, 1.54) is 12.1 Å². The Bertz CT molecular complexity index is 1070. The summed E-state index contributed by atoms with van der Waals surface area (Å²) < 4.78 is 5.72. The summed E-state index contributed by atoms with van der Waals surface area (Å²) >= 11 is 0. The van der Waals surface area contributed by atoms with Gasteiger partial charge in [0, 0.05) is 43.9 Å². The van der Waals surface area contributed by atoms with Gasteiger partial charge in [0.1, 0.15) is 0 Å². The molecule has 4 rings (SSSR count). The van der Waals surface area contributed by atoms with Crippen molar-refractivity contribution in [1.82, 2.24) is 20.0 Å². The Morgan fingerprint density at radius 2 is 1.77 bits per heavy atom. The predicted molar refractivity (Wildman–Crippen MR) is 113 cm³/mol. The van der Waals surface area contributed by atoms with Gasteiger partial charge in [0.25, 0.3) is 5.69 Å². The number of benzene rings is 2. The van der Waals surface area contributed by atoms with Crippen LogP contribution in [0.15, 0.2) is 52.9 Å². The lowest BCUT2D eigenvalue weighted by Crippen LogP contribution is -2.48. The van der Waals surface area contributed by atoms with E-state index in [0.29, 0.717) is 43.4 Å². The largest absolute Gasteiger partial charge is 0.419 e. The molecule has 31 heavy (non-hydrogen) atoms. The Balaban J connectivity index is 1.30. The fourth-order valence-electron chi connectivity index (χ4n) is 3.59. The van der Waals surface area contributed by atoms with Crippen LogP contribution in [0.3, 0.4) is 0 Å². The SMILES string of the molecule is Cc1ccccc1CC(=O)N1CCN(Cc2nnc(-c3ccc([N+](=O)[O-])cc3)o2)CC1. The van der Waals surface area contributed by atoms with Gasteiger partial charge in [-0.3, -0.25) is 19.8 Å². The fraction of sp³-hybridized carbons (Fsp3) is 0.318. The second-order valence-electron chi connectivity index (χ2n) is 7.57. The van der Waals surface area contributed by atoms with Crippen LogP contribution in [0.2, 0.25) is 0 Å². The summed E-state index contributed by atoms with van der Waals surface area (Å²) in [6.45, 7) is 5.31. The van der Waals surface area contributed by atoms with E-state index in [2.05, 4.69) is 15.1 Å². The second-order valence-corrected chi connectivity index (χ2v) is 7.57. The van der Waals surface area contributed by atoms with Gasteiger partial charge >= 0.3 is 0 Å². The third kappa shape index (κ3) is 4.95. The van der Waals surface area contributed by atoms with Gasteiger partial charge in [-0.05, 0) is 30.2 Å². The molecular formula is C22H23N5O4. The molecule has 2 heterocycles. The minimum absolute atomic E-state index is 0.0123. The molecule has 0 radical (unpaired) electrons. The van der Waals surface area contributed by atoms with Crippen molar-refractivity contribution in [2.24, 2.45) is 0 Å². The number of hydrogen-bond acceptors (Lipinski definition) is 7. The van der Waals surface area contributed by atoms with E-state index in [-0.39, 0.29) is 11.6 Å². The van der Waals surface area contributed by atoms with Crippen molar-refractivity contribution in [1.29, 1.82) is 0 Å². The molecule has 0 saturated carbocycles. The molecule has 2 aromatic carbocycles. The molecular weight excluding hydrogens is 398 g/mol. The fourth-order valence-corrected chi connectivity index (χ4v) is 3.59. The van der Waals surface area contributed by atoms with Crippen LogP contribution in [0, 0.1) is 17.0 Å². The van der Waals surface area contributed by atoms with Gasteiger partial charge in [0.2, 0.25) is 17.7 Å². The maximum Gasteiger partial charge on any atom is 0.269 e. The number of piperazine rings is 1. The van der Waals surface area contributed by atoms with Crippen LogP contribution < -0.4 is 0 Å². The molecule has 1 aromatic heterocycles. The summed E-state index contributed by atoms with van der Waals surface area (Å²) in [7, 11) is 0. The van der Waals surface area contributed by atoms with Crippen molar-refractivity contribution < 1.29 is 14.1 Å². The highest BCUT2D eigenvalue weighted by atomic mass is 16.6. The highest BCUT2D eigenvalue weighted by Crippen LogP contribution is 2.22. The van der Waals surface area contributed by atoms with Crippen molar-refractivity contribution in [3.05, 3.63) is 75.7 Å². The van der Waals surface area contributed by atoms with Crippen molar-refractivity contribution in [3.8, 4) is 11.5 Å². The van der Waals surface area contributed by atoms with Crippen molar-refractivity contribution in [2.45, 2.75) is 19.9 Å². The Kier molecular flexibility index (Phi) is 6.03. The molecule has 0 unspecified atom stereocenters. The summed E-state index contributed by atoms with van der Waals surface area (Å²) in [6.07, 6.45) is 0.426. The van der Waals surface area contributed by atoms with Crippen molar-refractivity contribution in [2.75, 3.05) is 26.2 Å². The van der Waals surface area contributed by atoms with E-state index in [1.54, 1.807) is 12.1 Å². The average molecular weight is 421 g/mol. The number of nitro groups is 1. The monoisotopic (exact) mass is 421 g/mol. The first-order valence-electron chi connectivity index (χ1n) is 10.1. The van der Waals surface area contributed by atoms with Crippen LogP contribution in [0.1, 0.15) is 17.0 Å². The maximum absolute atomic E-state index is 12.6. The number of nitro benzene ring substituents is 1. The average Bonchev–Trinajstić information content (AvgIpc) is 3.24. The molecule has 1 amide bonds. The highest BCUT2D eigenvalue weighted by molar-refractivity contribution is 5.79. The van der Waals surface area contributed by atoms with E-state index in [9.17, 15) is 14.9 Å². The van der Waals surface area contributed by atoms with Gasteiger partial charge in [-0.15, -0.1) is 10.2 Å². The molecule has 9 heteroatoms. The van der Waals surface area contributed by atoms with Gasteiger partial charge < -0.3 is 9.32 Å². The number of aromatic nitrogens is 2. The lowest BCUT2D eigenvalue weighted by atomic mass is 10.1. The molecule has 0 bridgehead atoms. The zero-order valence-electron chi connectivity index (χ0n) is 17.2. The number of amides is 1. The number of carbonyl (C=O) groups is 1. The maximum atomic E-state index is 12.6. The molecule has 0 atom stereocenters. The first kappa shape index (κ1) is 20.7. The molecule has 3 aromatic rings. The number of non-ortho nitro benzene ring substituents is 1. The topological polar surface area (TPSA) is 106 Å². The molecule has 0 N–H and O–H groups in total.